The third-order valence-electron chi connectivity index (χ3n) is 5.98. The fraction of sp³-hybridized carbons (Fsp3) is 0.571. The van der Waals surface area contributed by atoms with Gasteiger partial charge in [0.2, 0.25) is 0 Å². The van der Waals surface area contributed by atoms with Crippen molar-refractivity contribution >= 4 is 17.4 Å². The van der Waals surface area contributed by atoms with Crippen molar-refractivity contribution in [1.29, 1.82) is 0 Å². The quantitative estimate of drug-likeness (QED) is 0.841. The maximum absolute atomic E-state index is 6.40. The third-order valence-corrected chi connectivity index (χ3v) is 6.39. The maximum Gasteiger partial charge on any atom is 0.133 e. The van der Waals surface area contributed by atoms with E-state index in [-0.39, 0.29) is 0 Å². The molecule has 1 fully saturated rings. The number of aromatic nitrogens is 2. The summed E-state index contributed by atoms with van der Waals surface area (Å²) in [6.07, 6.45) is 6.02. The normalized spacial score (nSPS) is 19.0. The first-order chi connectivity index (χ1) is 12.7. The van der Waals surface area contributed by atoms with E-state index in [1.165, 1.54) is 55.8 Å². The molecule has 2 aromatic rings. The third kappa shape index (κ3) is 3.37. The number of anilines is 1. The second-order valence-corrected chi connectivity index (χ2v) is 8.06. The van der Waals surface area contributed by atoms with Gasteiger partial charge in [0.05, 0.1) is 11.4 Å². The Morgan fingerprint density at radius 1 is 1.23 bits per heavy atom. The molecule has 0 amide bonds. The Hall–Kier alpha value is -1.52. The predicted molar refractivity (Wildman–Crippen MR) is 109 cm³/mol. The largest absolute Gasteiger partial charge is 0.370 e. The predicted octanol–water partition coefficient (Wildman–Crippen LogP) is 4.78. The fourth-order valence-corrected chi connectivity index (χ4v) is 4.45. The molecule has 2 aliphatic rings. The number of benzene rings is 1. The summed E-state index contributed by atoms with van der Waals surface area (Å²) in [6, 6.07) is 6.26. The summed E-state index contributed by atoms with van der Waals surface area (Å²) in [5.74, 6) is 1.77. The topological polar surface area (TPSA) is 33.1 Å². The van der Waals surface area contributed by atoms with Crippen molar-refractivity contribution in [1.82, 2.24) is 14.7 Å². The Morgan fingerprint density at radius 3 is 2.77 bits per heavy atom. The summed E-state index contributed by atoms with van der Waals surface area (Å²) in [6.45, 7) is 8.85. The van der Waals surface area contributed by atoms with Gasteiger partial charge < -0.3 is 10.2 Å². The number of nitrogens with zero attached hydrogens (tertiary/aromatic N) is 3. The molecule has 4 rings (SSSR count). The van der Waals surface area contributed by atoms with Crippen LogP contribution < -0.4 is 5.32 Å². The minimum atomic E-state index is 0.577. The Bertz CT molecular complexity index is 775. The summed E-state index contributed by atoms with van der Waals surface area (Å²) in [7, 11) is 0. The van der Waals surface area contributed by atoms with Crippen LogP contribution in [0.1, 0.15) is 55.3 Å². The highest BCUT2D eigenvalue weighted by atomic mass is 35.5. The van der Waals surface area contributed by atoms with E-state index >= 15 is 0 Å². The van der Waals surface area contributed by atoms with E-state index in [1.54, 1.807) is 0 Å². The minimum absolute atomic E-state index is 0.577. The number of hydrogen-bond donors (Lipinski definition) is 1. The van der Waals surface area contributed by atoms with Crippen LogP contribution in [-0.4, -0.2) is 40.9 Å². The van der Waals surface area contributed by atoms with Crippen LogP contribution in [0, 0.1) is 6.92 Å². The van der Waals surface area contributed by atoms with Crippen molar-refractivity contribution in [3.8, 4) is 5.69 Å². The Kier molecular flexibility index (Phi) is 5.23. The van der Waals surface area contributed by atoms with Gasteiger partial charge in [-0.05, 0) is 76.4 Å². The lowest BCUT2D eigenvalue weighted by molar-refractivity contribution is 0.220. The second kappa shape index (κ2) is 7.61. The average molecular weight is 373 g/mol. The molecule has 0 spiro atoms. The van der Waals surface area contributed by atoms with E-state index in [2.05, 4.69) is 34.0 Å². The number of nitrogens with one attached hydrogen (secondary N) is 1. The molecule has 1 aromatic carbocycles. The molecule has 0 aliphatic carbocycles. The SMILES string of the molecule is CCN1CCC(c2nn(-c3ccc(C)c(Cl)c3)c3c2CCCCN3)CC1. The van der Waals surface area contributed by atoms with Gasteiger partial charge in [-0.2, -0.15) is 5.10 Å². The average Bonchev–Trinajstić information content (AvgIpc) is 2.85. The molecule has 3 heterocycles. The number of halogens is 1. The van der Waals surface area contributed by atoms with Gasteiger partial charge in [0.25, 0.3) is 0 Å². The van der Waals surface area contributed by atoms with Crippen molar-refractivity contribution < 1.29 is 0 Å². The van der Waals surface area contributed by atoms with Crippen LogP contribution in [0.15, 0.2) is 18.2 Å². The van der Waals surface area contributed by atoms with Gasteiger partial charge in [-0.1, -0.05) is 24.6 Å². The molecule has 1 N–H and O–H groups in total. The van der Waals surface area contributed by atoms with Crippen LogP contribution in [0.4, 0.5) is 5.82 Å². The number of rotatable bonds is 3. The number of piperidine rings is 1. The van der Waals surface area contributed by atoms with Crippen LogP contribution in [-0.2, 0) is 6.42 Å². The Labute approximate surface area is 161 Å². The van der Waals surface area contributed by atoms with E-state index in [1.807, 2.05) is 13.0 Å². The van der Waals surface area contributed by atoms with Gasteiger partial charge >= 0.3 is 0 Å². The highest BCUT2D eigenvalue weighted by Gasteiger charge is 2.28. The lowest BCUT2D eigenvalue weighted by Gasteiger charge is -2.30. The first-order valence-electron chi connectivity index (χ1n) is 10.0. The van der Waals surface area contributed by atoms with Gasteiger partial charge in [-0.3, -0.25) is 0 Å². The van der Waals surface area contributed by atoms with Crippen molar-refractivity contribution in [3.05, 3.63) is 40.0 Å². The molecule has 4 nitrogen and oxygen atoms in total. The van der Waals surface area contributed by atoms with E-state index in [0.29, 0.717) is 5.92 Å². The molecule has 0 atom stereocenters. The van der Waals surface area contributed by atoms with E-state index in [0.717, 1.165) is 35.8 Å². The van der Waals surface area contributed by atoms with E-state index in [4.69, 9.17) is 16.7 Å². The number of hydrogen-bond acceptors (Lipinski definition) is 3. The van der Waals surface area contributed by atoms with Gasteiger partial charge in [0, 0.05) is 23.0 Å². The van der Waals surface area contributed by atoms with Crippen molar-refractivity contribution in [2.24, 2.45) is 0 Å². The lowest BCUT2D eigenvalue weighted by atomic mass is 9.90. The fourth-order valence-electron chi connectivity index (χ4n) is 4.28. The zero-order valence-electron chi connectivity index (χ0n) is 15.9. The molecular formula is C21H29ClN4. The zero-order chi connectivity index (χ0) is 18.1. The summed E-state index contributed by atoms with van der Waals surface area (Å²) < 4.78 is 2.10. The second-order valence-electron chi connectivity index (χ2n) is 7.65. The molecular weight excluding hydrogens is 344 g/mol. The lowest BCUT2D eigenvalue weighted by Crippen LogP contribution is -2.33. The summed E-state index contributed by atoms with van der Waals surface area (Å²) in [4.78, 5) is 2.55. The molecule has 1 aromatic heterocycles. The van der Waals surface area contributed by atoms with Crippen LogP contribution in [0.25, 0.3) is 5.69 Å². The van der Waals surface area contributed by atoms with Crippen molar-refractivity contribution in [2.45, 2.75) is 51.9 Å². The highest BCUT2D eigenvalue weighted by Crippen LogP contribution is 2.36. The molecule has 26 heavy (non-hydrogen) atoms. The summed E-state index contributed by atoms with van der Waals surface area (Å²) in [5, 5.41) is 9.58. The van der Waals surface area contributed by atoms with E-state index in [9.17, 15) is 0 Å². The smallest absolute Gasteiger partial charge is 0.133 e. The van der Waals surface area contributed by atoms with Crippen molar-refractivity contribution in [2.75, 3.05) is 31.5 Å². The molecule has 0 unspecified atom stereocenters. The zero-order valence-corrected chi connectivity index (χ0v) is 16.6. The number of aryl methyl sites for hydroxylation is 1. The standard InChI is InChI=1S/C21H29ClN4/c1-3-25-12-9-16(10-13-25)20-18-6-4-5-11-23-21(18)26(24-20)17-8-7-15(2)19(22)14-17/h7-8,14,16,23H,3-6,9-13H2,1-2H3. The van der Waals surface area contributed by atoms with Crippen LogP contribution in [0.3, 0.4) is 0 Å². The monoisotopic (exact) mass is 372 g/mol. The maximum atomic E-state index is 6.40. The highest BCUT2D eigenvalue weighted by molar-refractivity contribution is 6.31. The van der Waals surface area contributed by atoms with Gasteiger partial charge in [-0.15, -0.1) is 0 Å². The molecule has 5 heteroatoms. The summed E-state index contributed by atoms with van der Waals surface area (Å²) in [5.41, 5.74) is 4.92. The van der Waals surface area contributed by atoms with Crippen molar-refractivity contribution in [3.63, 3.8) is 0 Å². The number of fused-ring (bicyclic) bond motifs is 1. The van der Waals surface area contributed by atoms with Crippen LogP contribution in [0.5, 0.6) is 0 Å². The minimum Gasteiger partial charge on any atom is -0.370 e. The van der Waals surface area contributed by atoms with Gasteiger partial charge in [-0.25, -0.2) is 4.68 Å². The van der Waals surface area contributed by atoms with Crippen LogP contribution >= 0.6 is 11.6 Å². The van der Waals surface area contributed by atoms with Crippen LogP contribution in [0.2, 0.25) is 5.02 Å². The molecule has 0 bridgehead atoms. The number of likely N-dealkylation sites (tertiary alicyclic amines) is 1. The van der Waals surface area contributed by atoms with Gasteiger partial charge in [0.15, 0.2) is 0 Å². The Balaban J connectivity index is 1.73. The molecule has 0 saturated carbocycles. The first-order valence-corrected chi connectivity index (χ1v) is 10.4. The molecule has 140 valence electrons. The first kappa shape index (κ1) is 17.9. The molecule has 0 radical (unpaired) electrons. The van der Waals surface area contributed by atoms with Gasteiger partial charge in [0.1, 0.15) is 5.82 Å². The van der Waals surface area contributed by atoms with E-state index < -0.39 is 0 Å². The molecule has 1 saturated heterocycles. The Morgan fingerprint density at radius 2 is 2.04 bits per heavy atom. The summed E-state index contributed by atoms with van der Waals surface area (Å²) >= 11 is 6.40. The molecule has 2 aliphatic heterocycles.